The molecule has 3 aromatic rings. The molecule has 186 valence electrons. The first-order valence-electron chi connectivity index (χ1n) is 12.2. The molecule has 3 aromatic heterocycles. The number of hydrogen-bond donors (Lipinski definition) is 0. The fraction of sp³-hybridized carbons (Fsp3) is 0.538. The van der Waals surface area contributed by atoms with Crippen LogP contribution in [-0.4, -0.2) is 31.6 Å². The highest BCUT2D eigenvalue weighted by Gasteiger charge is 2.37. The molecule has 7 nitrogen and oxygen atoms in total. The lowest BCUT2D eigenvalue weighted by Crippen LogP contribution is -2.36. The average Bonchev–Trinajstić information content (AvgIpc) is 2.83. The second kappa shape index (κ2) is 8.93. The lowest BCUT2D eigenvalue weighted by atomic mass is 9.86. The van der Waals surface area contributed by atoms with E-state index in [0.717, 1.165) is 11.3 Å². The number of halogens is 2. The third kappa shape index (κ3) is 4.42. The van der Waals surface area contributed by atoms with Gasteiger partial charge in [0.05, 0.1) is 11.5 Å². The van der Waals surface area contributed by atoms with Gasteiger partial charge in [0.2, 0.25) is 5.92 Å². The Balaban J connectivity index is 1.62. The molecule has 1 aliphatic heterocycles. The third-order valence-electron chi connectivity index (χ3n) is 7.59. The minimum absolute atomic E-state index is 0.124. The standard InChI is InChI=1S/C26H30F2N4O3/c1-15-12-18(6-10-29-15)22-13-17(7-11-35-22)20-14-21-23(30-16(2)31(3)24(21)33)32(25(20)34)19-4-8-26(27,28)9-5-19/h6,10,12,14,17,19,22H,4-5,7-9,11,13H2,1-3H3/t17-,22+/m1/s1. The van der Waals surface area contributed by atoms with Crippen molar-refractivity contribution in [1.29, 1.82) is 0 Å². The van der Waals surface area contributed by atoms with Crippen LogP contribution >= 0.6 is 0 Å². The predicted octanol–water partition coefficient (Wildman–Crippen LogP) is 4.49. The van der Waals surface area contributed by atoms with Gasteiger partial charge in [-0.3, -0.25) is 23.7 Å². The Morgan fingerprint density at radius 2 is 1.83 bits per heavy atom. The molecule has 2 aliphatic rings. The zero-order valence-electron chi connectivity index (χ0n) is 20.3. The maximum atomic E-state index is 13.9. The van der Waals surface area contributed by atoms with E-state index in [0.29, 0.717) is 41.9 Å². The van der Waals surface area contributed by atoms with Gasteiger partial charge in [0.1, 0.15) is 5.82 Å². The van der Waals surface area contributed by atoms with E-state index in [9.17, 15) is 18.4 Å². The summed E-state index contributed by atoms with van der Waals surface area (Å²) in [5.74, 6) is -2.37. The molecule has 5 rings (SSSR count). The summed E-state index contributed by atoms with van der Waals surface area (Å²) in [5.41, 5.74) is 2.26. The van der Waals surface area contributed by atoms with Crippen molar-refractivity contribution < 1.29 is 13.5 Å². The van der Waals surface area contributed by atoms with E-state index < -0.39 is 12.0 Å². The molecule has 0 amide bonds. The van der Waals surface area contributed by atoms with E-state index in [1.54, 1.807) is 26.2 Å². The first-order chi connectivity index (χ1) is 16.6. The fourth-order valence-electron chi connectivity index (χ4n) is 5.47. The van der Waals surface area contributed by atoms with Crippen LogP contribution in [0.25, 0.3) is 11.0 Å². The maximum absolute atomic E-state index is 13.9. The van der Waals surface area contributed by atoms with Gasteiger partial charge < -0.3 is 4.74 Å². The second-order valence-electron chi connectivity index (χ2n) is 9.93. The molecular formula is C26H30F2N4O3. The Bertz CT molecular complexity index is 1390. The van der Waals surface area contributed by atoms with Crippen LogP contribution in [0.3, 0.4) is 0 Å². The van der Waals surface area contributed by atoms with Crippen LogP contribution in [0.5, 0.6) is 0 Å². The minimum Gasteiger partial charge on any atom is -0.373 e. The molecule has 1 saturated heterocycles. The number of alkyl halides is 2. The second-order valence-corrected chi connectivity index (χ2v) is 9.93. The van der Waals surface area contributed by atoms with Crippen molar-refractivity contribution >= 4 is 11.0 Å². The molecule has 35 heavy (non-hydrogen) atoms. The normalized spacial score (nSPS) is 23.0. The number of ether oxygens (including phenoxy) is 1. The molecule has 2 fully saturated rings. The molecule has 4 heterocycles. The zero-order valence-corrected chi connectivity index (χ0v) is 20.3. The summed E-state index contributed by atoms with van der Waals surface area (Å²) in [6, 6.07) is 5.17. The van der Waals surface area contributed by atoms with Gasteiger partial charge >= 0.3 is 0 Å². The molecule has 9 heteroatoms. The Kier molecular flexibility index (Phi) is 6.07. The third-order valence-corrected chi connectivity index (χ3v) is 7.59. The zero-order chi connectivity index (χ0) is 24.9. The number of aryl methyl sites for hydroxylation is 2. The summed E-state index contributed by atoms with van der Waals surface area (Å²) in [6.45, 7) is 4.11. The molecular weight excluding hydrogens is 454 g/mol. The Labute approximate surface area is 201 Å². The summed E-state index contributed by atoms with van der Waals surface area (Å²) >= 11 is 0. The molecule has 1 aliphatic carbocycles. The first kappa shape index (κ1) is 23.8. The van der Waals surface area contributed by atoms with Gasteiger partial charge in [-0.2, -0.15) is 0 Å². The van der Waals surface area contributed by atoms with E-state index in [2.05, 4.69) is 9.97 Å². The van der Waals surface area contributed by atoms with Gasteiger partial charge in [-0.25, -0.2) is 13.8 Å². The number of fused-ring (bicyclic) bond motifs is 1. The number of nitrogens with zero attached hydrogens (tertiary/aromatic N) is 4. The first-order valence-corrected chi connectivity index (χ1v) is 12.2. The summed E-state index contributed by atoms with van der Waals surface area (Å²) in [6.07, 6.45) is 2.59. The van der Waals surface area contributed by atoms with Gasteiger partial charge in [-0.15, -0.1) is 0 Å². The number of pyridine rings is 2. The SMILES string of the molecule is Cc1cc([C@@H]2C[C@H](c3cc4c(=O)n(C)c(C)nc4n(C4CCC(F)(F)CC4)c3=O)CCO2)ccn1. The molecule has 2 atom stereocenters. The van der Waals surface area contributed by atoms with E-state index in [1.807, 2.05) is 19.1 Å². The summed E-state index contributed by atoms with van der Waals surface area (Å²) in [4.78, 5) is 36.0. The van der Waals surface area contributed by atoms with Crippen molar-refractivity contribution in [2.45, 2.75) is 76.4 Å². The maximum Gasteiger partial charge on any atom is 0.262 e. The van der Waals surface area contributed by atoms with Crippen LogP contribution < -0.4 is 11.1 Å². The van der Waals surface area contributed by atoms with Gasteiger partial charge in [0.15, 0.2) is 5.65 Å². The Morgan fingerprint density at radius 1 is 1.09 bits per heavy atom. The van der Waals surface area contributed by atoms with Gasteiger partial charge in [0, 0.05) is 50.0 Å². The Hall–Kier alpha value is -2.94. The van der Waals surface area contributed by atoms with Gasteiger partial charge in [0.25, 0.3) is 11.1 Å². The average molecular weight is 485 g/mol. The van der Waals surface area contributed by atoms with Crippen LogP contribution in [0.1, 0.15) is 79.2 Å². The molecule has 0 N–H and O–H groups in total. The molecule has 0 unspecified atom stereocenters. The van der Waals surface area contributed by atoms with Crippen molar-refractivity contribution in [2.75, 3.05) is 6.61 Å². The molecule has 0 aromatic carbocycles. The van der Waals surface area contributed by atoms with E-state index in [-0.39, 0.29) is 48.8 Å². The smallest absolute Gasteiger partial charge is 0.262 e. The lowest BCUT2D eigenvalue weighted by molar-refractivity contribution is -0.0439. The molecule has 0 spiro atoms. The monoisotopic (exact) mass is 484 g/mol. The van der Waals surface area contributed by atoms with Crippen LogP contribution in [0.2, 0.25) is 0 Å². The van der Waals surface area contributed by atoms with Crippen molar-refractivity contribution in [2.24, 2.45) is 7.05 Å². The van der Waals surface area contributed by atoms with Gasteiger partial charge in [-0.05, 0) is 69.2 Å². The van der Waals surface area contributed by atoms with Crippen molar-refractivity contribution in [3.8, 4) is 0 Å². The number of rotatable bonds is 3. The Morgan fingerprint density at radius 3 is 2.54 bits per heavy atom. The van der Waals surface area contributed by atoms with Crippen molar-refractivity contribution in [1.82, 2.24) is 19.1 Å². The minimum atomic E-state index is -2.72. The number of aromatic nitrogens is 4. The molecule has 0 bridgehead atoms. The van der Waals surface area contributed by atoms with Crippen LogP contribution in [0.4, 0.5) is 8.78 Å². The predicted molar refractivity (Wildman–Crippen MR) is 128 cm³/mol. The van der Waals surface area contributed by atoms with Crippen LogP contribution in [-0.2, 0) is 11.8 Å². The summed E-state index contributed by atoms with van der Waals surface area (Å²) < 4.78 is 36.9. The topological polar surface area (TPSA) is 79.0 Å². The molecule has 1 saturated carbocycles. The highest BCUT2D eigenvalue weighted by molar-refractivity contribution is 5.75. The molecule has 0 radical (unpaired) electrons. The van der Waals surface area contributed by atoms with Crippen LogP contribution in [0.15, 0.2) is 34.0 Å². The number of hydrogen-bond acceptors (Lipinski definition) is 5. The lowest BCUT2D eigenvalue weighted by Gasteiger charge is -2.33. The summed E-state index contributed by atoms with van der Waals surface area (Å²) in [5, 5.41) is 0.354. The van der Waals surface area contributed by atoms with Crippen molar-refractivity contribution in [3.05, 3.63) is 67.7 Å². The summed E-state index contributed by atoms with van der Waals surface area (Å²) in [7, 11) is 1.65. The van der Waals surface area contributed by atoms with Gasteiger partial charge in [-0.1, -0.05) is 0 Å². The quantitative estimate of drug-likeness (QED) is 0.547. The van der Waals surface area contributed by atoms with Crippen LogP contribution in [0, 0.1) is 13.8 Å². The van der Waals surface area contributed by atoms with E-state index >= 15 is 0 Å². The highest BCUT2D eigenvalue weighted by Crippen LogP contribution is 2.40. The van der Waals surface area contributed by atoms with Crippen molar-refractivity contribution in [3.63, 3.8) is 0 Å². The largest absolute Gasteiger partial charge is 0.373 e. The highest BCUT2D eigenvalue weighted by atomic mass is 19.3. The van der Waals surface area contributed by atoms with E-state index in [1.165, 1.54) is 9.13 Å². The fourth-order valence-corrected chi connectivity index (χ4v) is 5.47. The van der Waals surface area contributed by atoms with E-state index in [4.69, 9.17) is 4.74 Å².